The maximum Gasteiger partial charge on any atom is 0.187 e. The monoisotopic (exact) mass is 656 g/mol. The highest BCUT2D eigenvalue weighted by Gasteiger charge is 2.54. The molecule has 0 radical (unpaired) electrons. The number of aliphatic hydroxyl groups excluding tert-OH is 7. The van der Waals surface area contributed by atoms with Crippen LogP contribution in [0, 0.1) is 0 Å². The Morgan fingerprint density at radius 1 is 0.511 bits per heavy atom. The Kier molecular flexibility index (Phi) is 16.8. The summed E-state index contributed by atoms with van der Waals surface area (Å²) in [7, 11) is 0. The zero-order chi connectivity index (χ0) is 33.1. The van der Waals surface area contributed by atoms with Crippen molar-refractivity contribution in [2.75, 3.05) is 33.0 Å². The predicted octanol–water partition coefficient (Wildman–Crippen LogP) is -1.07. The first-order chi connectivity index (χ1) is 21.6. The van der Waals surface area contributed by atoms with Crippen molar-refractivity contribution in [2.24, 2.45) is 0 Å². The number of ether oxygens (including phenoxy) is 8. The molecule has 3 saturated heterocycles. The molecule has 0 bridgehead atoms. The Balaban J connectivity index is 1.92. The van der Waals surface area contributed by atoms with Crippen LogP contribution in [0.4, 0.5) is 0 Å². The minimum absolute atomic E-state index is 0.358. The zero-order valence-corrected chi connectivity index (χ0v) is 26.8. The lowest BCUT2D eigenvalue weighted by Crippen LogP contribution is -2.67. The molecule has 3 aliphatic rings. The minimum atomic E-state index is -1.79. The third kappa shape index (κ3) is 9.96. The van der Waals surface area contributed by atoms with Crippen LogP contribution in [0.15, 0.2) is 0 Å². The quantitative estimate of drug-likeness (QED) is 0.0875. The van der Waals surface area contributed by atoms with Crippen molar-refractivity contribution in [1.29, 1.82) is 0 Å². The molecule has 0 saturated carbocycles. The van der Waals surface area contributed by atoms with Crippen molar-refractivity contribution in [3.05, 3.63) is 0 Å². The highest BCUT2D eigenvalue weighted by atomic mass is 16.8. The second-order valence-corrected chi connectivity index (χ2v) is 11.9. The molecule has 0 aromatic carbocycles. The van der Waals surface area contributed by atoms with Crippen molar-refractivity contribution in [2.45, 2.75) is 158 Å². The lowest BCUT2D eigenvalue weighted by molar-refractivity contribution is -0.389. The van der Waals surface area contributed by atoms with Gasteiger partial charge < -0.3 is 73.6 Å². The first kappa shape index (κ1) is 38.8. The molecular weight excluding hydrogens is 600 g/mol. The first-order valence-electron chi connectivity index (χ1n) is 16.4. The molecule has 45 heavy (non-hydrogen) atoms. The maximum atomic E-state index is 11.2. The third-order valence-electron chi connectivity index (χ3n) is 8.40. The van der Waals surface area contributed by atoms with Gasteiger partial charge in [0.1, 0.15) is 67.1 Å². The van der Waals surface area contributed by atoms with Crippen LogP contribution in [0.25, 0.3) is 0 Å². The van der Waals surface area contributed by atoms with E-state index in [4.69, 9.17) is 37.9 Å². The molecule has 3 heterocycles. The molecule has 8 unspecified atom stereocenters. The molecule has 0 aromatic rings. The van der Waals surface area contributed by atoms with E-state index >= 15 is 0 Å². The van der Waals surface area contributed by atoms with Crippen LogP contribution in [0.2, 0.25) is 0 Å². The van der Waals surface area contributed by atoms with Gasteiger partial charge in [-0.05, 0) is 26.2 Å². The highest BCUT2D eigenvalue weighted by Crippen LogP contribution is 2.35. The summed E-state index contributed by atoms with van der Waals surface area (Å²) >= 11 is 0. The SMILES string of the molecule is CCCCOC1[C@H](OCCCC)C(C)O[C@@H](OC2C(O)[C@@H](O)C(CO)O[C@H]2O[C@@H]2C(CO)OC(O)[C@@H](O)C2O)[C@H]1OCCCC. The molecule has 0 aliphatic carbocycles. The average molecular weight is 657 g/mol. The fourth-order valence-corrected chi connectivity index (χ4v) is 5.62. The van der Waals surface area contributed by atoms with E-state index in [9.17, 15) is 35.7 Å². The minimum Gasteiger partial charge on any atom is -0.394 e. The van der Waals surface area contributed by atoms with E-state index in [1.54, 1.807) is 0 Å². The van der Waals surface area contributed by atoms with Crippen molar-refractivity contribution >= 4 is 0 Å². The van der Waals surface area contributed by atoms with E-state index in [2.05, 4.69) is 13.8 Å². The van der Waals surface area contributed by atoms with E-state index in [-0.39, 0.29) is 0 Å². The van der Waals surface area contributed by atoms with Crippen molar-refractivity contribution in [3.63, 3.8) is 0 Å². The number of unbranched alkanes of at least 4 members (excludes halogenated alkanes) is 3. The summed E-state index contributed by atoms with van der Waals surface area (Å²) < 4.78 is 48.4. The molecule has 0 amide bonds. The molecule has 3 aliphatic heterocycles. The van der Waals surface area contributed by atoms with Crippen LogP contribution in [-0.4, -0.2) is 161 Å². The van der Waals surface area contributed by atoms with Crippen molar-refractivity contribution in [1.82, 2.24) is 0 Å². The largest absolute Gasteiger partial charge is 0.394 e. The van der Waals surface area contributed by atoms with Crippen LogP contribution < -0.4 is 0 Å². The van der Waals surface area contributed by atoms with Crippen molar-refractivity contribution < 1.29 is 73.6 Å². The summed E-state index contributed by atoms with van der Waals surface area (Å²) in [5, 5.41) is 72.5. The Morgan fingerprint density at radius 2 is 1.00 bits per heavy atom. The number of hydrogen-bond acceptors (Lipinski definition) is 15. The summed E-state index contributed by atoms with van der Waals surface area (Å²) in [5.41, 5.74) is 0. The van der Waals surface area contributed by atoms with E-state index in [1.165, 1.54) is 0 Å². The van der Waals surface area contributed by atoms with Gasteiger partial charge in [-0.3, -0.25) is 0 Å². The van der Waals surface area contributed by atoms with Gasteiger partial charge in [-0.25, -0.2) is 0 Å². The Labute approximate surface area is 265 Å². The summed E-state index contributed by atoms with van der Waals surface area (Å²) in [4.78, 5) is 0. The molecule has 3 rings (SSSR count). The topological polar surface area (TPSA) is 215 Å². The molecule has 15 nitrogen and oxygen atoms in total. The van der Waals surface area contributed by atoms with E-state index < -0.39 is 105 Å². The molecule has 0 aromatic heterocycles. The van der Waals surface area contributed by atoms with Gasteiger partial charge in [0.15, 0.2) is 18.9 Å². The smallest absolute Gasteiger partial charge is 0.187 e. The summed E-state index contributed by atoms with van der Waals surface area (Å²) in [6.07, 6.45) is -14.2. The Bertz CT molecular complexity index is 807. The molecule has 3 fully saturated rings. The standard InChI is InChI=1S/C30H56O15/c1-5-8-11-38-23-16(4)41-30(27(40-13-10-7-3)26(23)39-12-9-6-2)45-25-20(34)19(33)17(14-31)43-29(25)44-24-18(15-32)42-28(37)22(36)21(24)35/h16-37H,5-15H2,1-4H3/t16?,17?,18?,19-,20?,21?,22-,23+,24+,25?,26?,27-,28?,29-,30-/m0/s1. The molecule has 15 atom stereocenters. The van der Waals surface area contributed by atoms with Gasteiger partial charge in [0, 0.05) is 19.8 Å². The van der Waals surface area contributed by atoms with E-state index in [0.29, 0.717) is 19.8 Å². The Morgan fingerprint density at radius 3 is 1.56 bits per heavy atom. The van der Waals surface area contributed by atoms with Crippen LogP contribution in [0.1, 0.15) is 66.2 Å². The van der Waals surface area contributed by atoms with Crippen LogP contribution >= 0.6 is 0 Å². The second kappa shape index (κ2) is 19.4. The number of aliphatic hydroxyl groups is 7. The summed E-state index contributed by atoms with van der Waals surface area (Å²) in [5.74, 6) is 0. The summed E-state index contributed by atoms with van der Waals surface area (Å²) in [6, 6.07) is 0. The maximum absolute atomic E-state index is 11.2. The number of rotatable bonds is 18. The molecule has 266 valence electrons. The van der Waals surface area contributed by atoms with Crippen molar-refractivity contribution in [3.8, 4) is 0 Å². The van der Waals surface area contributed by atoms with Crippen LogP contribution in [-0.2, 0) is 37.9 Å². The van der Waals surface area contributed by atoms with Gasteiger partial charge in [-0.15, -0.1) is 0 Å². The van der Waals surface area contributed by atoms with Gasteiger partial charge in [-0.1, -0.05) is 40.0 Å². The van der Waals surface area contributed by atoms with Crippen LogP contribution in [0.3, 0.4) is 0 Å². The van der Waals surface area contributed by atoms with Gasteiger partial charge in [0.2, 0.25) is 0 Å². The first-order valence-corrected chi connectivity index (χ1v) is 16.4. The van der Waals surface area contributed by atoms with E-state index in [0.717, 1.165) is 38.5 Å². The highest BCUT2D eigenvalue weighted by molar-refractivity contribution is 4.97. The van der Waals surface area contributed by atoms with Gasteiger partial charge in [0.05, 0.1) is 19.3 Å². The molecule has 15 heteroatoms. The predicted molar refractivity (Wildman–Crippen MR) is 156 cm³/mol. The molecule has 7 N–H and O–H groups in total. The Hall–Kier alpha value is -0.600. The fraction of sp³-hybridized carbons (Fsp3) is 1.00. The fourth-order valence-electron chi connectivity index (χ4n) is 5.62. The second-order valence-electron chi connectivity index (χ2n) is 11.9. The third-order valence-corrected chi connectivity index (χ3v) is 8.40. The van der Waals surface area contributed by atoms with Gasteiger partial charge in [-0.2, -0.15) is 0 Å². The van der Waals surface area contributed by atoms with Crippen LogP contribution in [0.5, 0.6) is 0 Å². The van der Waals surface area contributed by atoms with Gasteiger partial charge >= 0.3 is 0 Å². The lowest BCUT2D eigenvalue weighted by atomic mass is 9.96. The molecular formula is C30H56O15. The normalized spacial score (nSPS) is 42.6. The average Bonchev–Trinajstić information content (AvgIpc) is 3.03. The molecule has 0 spiro atoms. The van der Waals surface area contributed by atoms with E-state index in [1.807, 2.05) is 13.8 Å². The zero-order valence-electron chi connectivity index (χ0n) is 26.8. The number of hydrogen-bond donors (Lipinski definition) is 7. The lowest BCUT2D eigenvalue weighted by Gasteiger charge is -2.49. The van der Waals surface area contributed by atoms with Gasteiger partial charge in [0.25, 0.3) is 0 Å². The summed E-state index contributed by atoms with van der Waals surface area (Å²) in [6.45, 7) is 7.86.